The minimum absolute atomic E-state index is 0.271. The molecule has 2 aromatic carbocycles. The van der Waals surface area contributed by atoms with Crippen LogP contribution in [0.15, 0.2) is 64.4 Å². The molecule has 2 nitrogen and oxygen atoms in total. The van der Waals surface area contributed by atoms with Crippen LogP contribution in [0.1, 0.15) is 25.0 Å². The van der Waals surface area contributed by atoms with Gasteiger partial charge in [0, 0.05) is 34.0 Å². The standard InChI is InChI=1S/C21H16F4INO.C2H6/c1-12-18(26)10-15(13-6-4-3-5-7-13)21(27(12)2)20-16(22)8-14(9-17(20)23)28-11-19(24)25;1-2/h3-10,19H,1,11H2,2H3;1-2H3. The van der Waals surface area contributed by atoms with Gasteiger partial charge in [-0.05, 0) is 34.2 Å². The first-order valence-electron chi connectivity index (χ1n) is 9.30. The Hall–Kier alpha value is -2.29. The summed E-state index contributed by atoms with van der Waals surface area (Å²) >= 11 is 2.12. The summed E-state index contributed by atoms with van der Waals surface area (Å²) in [7, 11) is 1.67. The molecule has 0 atom stereocenters. The third-order valence-electron chi connectivity index (χ3n) is 4.26. The highest BCUT2D eigenvalue weighted by Crippen LogP contribution is 2.42. The van der Waals surface area contributed by atoms with Crippen LogP contribution in [-0.2, 0) is 0 Å². The van der Waals surface area contributed by atoms with Crippen molar-refractivity contribution in [2.24, 2.45) is 0 Å². The van der Waals surface area contributed by atoms with Gasteiger partial charge in [-0.2, -0.15) is 0 Å². The third-order valence-corrected chi connectivity index (χ3v) is 5.19. The molecule has 0 radical (unpaired) electrons. The second kappa shape index (κ2) is 10.7. The van der Waals surface area contributed by atoms with Crippen LogP contribution in [0.5, 0.6) is 5.75 Å². The van der Waals surface area contributed by atoms with E-state index in [4.69, 9.17) is 4.74 Å². The summed E-state index contributed by atoms with van der Waals surface area (Å²) < 4.78 is 60.0. The number of ether oxygens (including phenoxy) is 1. The van der Waals surface area contributed by atoms with Crippen LogP contribution in [0.3, 0.4) is 0 Å². The molecule has 0 fully saturated rings. The number of nitrogens with zero attached hydrogens (tertiary/aromatic N) is 1. The molecule has 0 aliphatic carbocycles. The quantitative estimate of drug-likeness (QED) is 0.297. The van der Waals surface area contributed by atoms with E-state index in [1.54, 1.807) is 11.9 Å². The Morgan fingerprint density at radius 3 is 2.17 bits per heavy atom. The summed E-state index contributed by atoms with van der Waals surface area (Å²) in [6.45, 7) is 7.03. The van der Waals surface area contributed by atoms with E-state index in [0.717, 1.165) is 21.3 Å². The largest absolute Gasteiger partial charge is 0.487 e. The molecule has 3 rings (SSSR count). The van der Waals surface area contributed by atoms with Gasteiger partial charge in [-0.15, -0.1) is 0 Å². The molecule has 1 aliphatic rings. The second-order valence-corrected chi connectivity index (χ2v) is 7.25. The van der Waals surface area contributed by atoms with E-state index in [9.17, 15) is 17.6 Å². The minimum Gasteiger partial charge on any atom is -0.487 e. The Bertz CT molecular complexity index is 947. The maximum atomic E-state index is 14.9. The molecule has 7 heteroatoms. The number of halogens is 5. The Kier molecular flexibility index (Phi) is 8.52. The van der Waals surface area contributed by atoms with E-state index >= 15 is 0 Å². The third kappa shape index (κ3) is 5.24. The molecule has 0 N–H and O–H groups in total. The summed E-state index contributed by atoms with van der Waals surface area (Å²) in [4.78, 5) is 1.62. The topological polar surface area (TPSA) is 12.5 Å². The lowest BCUT2D eigenvalue weighted by molar-refractivity contribution is 0.0815. The summed E-state index contributed by atoms with van der Waals surface area (Å²) in [5.74, 6) is -2.10. The first kappa shape index (κ1) is 24.0. The highest BCUT2D eigenvalue weighted by atomic mass is 127. The van der Waals surface area contributed by atoms with Gasteiger partial charge < -0.3 is 9.64 Å². The van der Waals surface area contributed by atoms with Gasteiger partial charge in [0.05, 0.1) is 11.3 Å². The maximum absolute atomic E-state index is 14.9. The van der Waals surface area contributed by atoms with Crippen molar-refractivity contribution in [1.29, 1.82) is 0 Å². The number of alkyl halides is 2. The molecule has 0 saturated heterocycles. The molecule has 1 aliphatic heterocycles. The van der Waals surface area contributed by atoms with E-state index in [2.05, 4.69) is 29.2 Å². The maximum Gasteiger partial charge on any atom is 0.272 e. The number of hydrogen-bond acceptors (Lipinski definition) is 2. The fraction of sp³-hybridized carbons (Fsp3) is 0.217. The van der Waals surface area contributed by atoms with Crippen molar-refractivity contribution in [3.05, 3.63) is 87.2 Å². The van der Waals surface area contributed by atoms with Crippen LogP contribution in [0.4, 0.5) is 17.6 Å². The van der Waals surface area contributed by atoms with Gasteiger partial charge in [0.1, 0.15) is 24.0 Å². The zero-order valence-corrected chi connectivity index (χ0v) is 19.0. The van der Waals surface area contributed by atoms with Crippen LogP contribution >= 0.6 is 22.6 Å². The van der Waals surface area contributed by atoms with Gasteiger partial charge in [0.25, 0.3) is 6.43 Å². The van der Waals surface area contributed by atoms with Gasteiger partial charge in [-0.1, -0.05) is 50.8 Å². The van der Waals surface area contributed by atoms with Gasteiger partial charge in [-0.25, -0.2) is 17.6 Å². The first-order chi connectivity index (χ1) is 14.3. The smallest absolute Gasteiger partial charge is 0.272 e. The molecule has 2 aromatic rings. The SMILES string of the molecule is C=C1C(I)=CC(c2ccccc2)=C(c2c(F)cc(OCC(F)F)cc2F)N1C.CC. The monoisotopic (exact) mass is 531 g/mol. The number of rotatable bonds is 5. The van der Waals surface area contributed by atoms with Crippen molar-refractivity contribution in [1.82, 2.24) is 4.90 Å². The highest BCUT2D eigenvalue weighted by molar-refractivity contribution is 14.1. The van der Waals surface area contributed by atoms with Crippen LogP contribution < -0.4 is 4.74 Å². The molecule has 0 amide bonds. The van der Waals surface area contributed by atoms with Crippen molar-refractivity contribution in [3.63, 3.8) is 0 Å². The Labute approximate surface area is 187 Å². The van der Waals surface area contributed by atoms with Crippen LogP contribution in [-0.4, -0.2) is 25.0 Å². The summed E-state index contributed by atoms with van der Waals surface area (Å²) in [6.07, 6.45) is -0.925. The normalized spacial score (nSPS) is 13.8. The van der Waals surface area contributed by atoms with Gasteiger partial charge >= 0.3 is 0 Å². The van der Waals surface area contributed by atoms with E-state index in [0.29, 0.717) is 17.0 Å². The van der Waals surface area contributed by atoms with Crippen LogP contribution in [0, 0.1) is 11.6 Å². The molecule has 0 saturated carbocycles. The molecule has 30 heavy (non-hydrogen) atoms. The van der Waals surface area contributed by atoms with Crippen molar-refractivity contribution < 1.29 is 22.3 Å². The van der Waals surface area contributed by atoms with E-state index in [1.165, 1.54) is 0 Å². The van der Waals surface area contributed by atoms with Gasteiger partial charge in [0.15, 0.2) is 0 Å². The summed E-state index contributed by atoms with van der Waals surface area (Å²) in [5.41, 5.74) is 2.02. The van der Waals surface area contributed by atoms with Crippen molar-refractivity contribution in [2.45, 2.75) is 20.3 Å². The lowest BCUT2D eigenvalue weighted by Gasteiger charge is -2.31. The lowest BCUT2D eigenvalue weighted by atomic mass is 9.94. The predicted octanol–water partition coefficient (Wildman–Crippen LogP) is 7.28. The van der Waals surface area contributed by atoms with Gasteiger partial charge in [-0.3, -0.25) is 0 Å². The average molecular weight is 531 g/mol. The zero-order valence-electron chi connectivity index (χ0n) is 16.9. The second-order valence-electron chi connectivity index (χ2n) is 6.09. The molecule has 0 spiro atoms. The molecule has 160 valence electrons. The van der Waals surface area contributed by atoms with Crippen molar-refractivity contribution in [3.8, 4) is 5.75 Å². The first-order valence-corrected chi connectivity index (χ1v) is 10.4. The van der Waals surface area contributed by atoms with Gasteiger partial charge in [0.2, 0.25) is 0 Å². The molecular weight excluding hydrogens is 509 g/mol. The molecular formula is C23H22F4INO. The van der Waals surface area contributed by atoms with Crippen molar-refractivity contribution in [2.75, 3.05) is 13.7 Å². The van der Waals surface area contributed by atoms with Crippen molar-refractivity contribution >= 4 is 33.9 Å². The lowest BCUT2D eigenvalue weighted by Crippen LogP contribution is -2.22. The van der Waals surface area contributed by atoms with E-state index < -0.39 is 24.7 Å². The number of allylic oxidation sites excluding steroid dienone is 3. The fourth-order valence-electron chi connectivity index (χ4n) is 2.91. The molecule has 0 unspecified atom stereocenters. The minimum atomic E-state index is -2.74. The summed E-state index contributed by atoms with van der Waals surface area (Å²) in [5, 5.41) is 0. The zero-order chi connectivity index (χ0) is 22.4. The van der Waals surface area contributed by atoms with Crippen LogP contribution in [0.25, 0.3) is 11.3 Å². The molecule has 1 heterocycles. The Balaban J connectivity index is 0.00000155. The fourth-order valence-corrected chi connectivity index (χ4v) is 3.59. The molecule has 0 bridgehead atoms. The number of benzene rings is 2. The Morgan fingerprint density at radius 2 is 1.63 bits per heavy atom. The predicted molar refractivity (Wildman–Crippen MR) is 121 cm³/mol. The van der Waals surface area contributed by atoms with E-state index in [-0.39, 0.29) is 11.3 Å². The number of hydrogen-bond donors (Lipinski definition) is 0. The highest BCUT2D eigenvalue weighted by Gasteiger charge is 2.28. The molecule has 0 aromatic heterocycles. The Morgan fingerprint density at radius 1 is 1.07 bits per heavy atom. The van der Waals surface area contributed by atoms with E-state index in [1.807, 2.05) is 50.3 Å². The summed E-state index contributed by atoms with van der Waals surface area (Å²) in [6, 6.07) is 11.0. The van der Waals surface area contributed by atoms with Crippen LogP contribution in [0.2, 0.25) is 0 Å². The number of likely N-dealkylation sites (N-methyl/N-ethyl adjacent to an activating group) is 1. The average Bonchev–Trinajstić information content (AvgIpc) is 2.73.